The Bertz CT molecular complexity index is 1320. The summed E-state index contributed by atoms with van der Waals surface area (Å²) in [5.74, 6) is -6.27. The van der Waals surface area contributed by atoms with Gasteiger partial charge in [0.25, 0.3) is 0 Å². The molecule has 0 bridgehead atoms. The van der Waals surface area contributed by atoms with Crippen LogP contribution in [0.4, 0.5) is 0 Å². The lowest BCUT2D eigenvalue weighted by molar-refractivity contribution is -0.244. The third-order valence-electron chi connectivity index (χ3n) is 12.0. The van der Waals surface area contributed by atoms with Crippen LogP contribution < -0.4 is 0 Å². The number of carbonyl (C=O) groups excluding carboxylic acids is 3. The third kappa shape index (κ3) is 4.49. The van der Waals surface area contributed by atoms with E-state index >= 15 is 0 Å². The van der Waals surface area contributed by atoms with E-state index in [1.54, 1.807) is 26.0 Å². The number of fused-ring (bicyclic) bond motifs is 7. The molecule has 1 aliphatic heterocycles. The van der Waals surface area contributed by atoms with Crippen LogP contribution in [0, 0.1) is 35.0 Å². The first kappa shape index (κ1) is 34.0. The van der Waals surface area contributed by atoms with Crippen LogP contribution in [-0.4, -0.2) is 85.5 Å². The van der Waals surface area contributed by atoms with Crippen LogP contribution in [-0.2, 0) is 28.6 Å². The molecule has 5 rings (SSSR count). The second kappa shape index (κ2) is 11.4. The van der Waals surface area contributed by atoms with Crippen LogP contribution >= 0.6 is 0 Å². The van der Waals surface area contributed by atoms with E-state index in [1.165, 1.54) is 19.1 Å². The standard InChI is InChI=1S/C35H50O10/c1-8-10-11-12-13-14-15-16-23(37)43-27-21(5)33(41)22-17-20(4)26(38)34(22,42)30(40)32(18-36)28(44-32)24(33)25-31(6,7)35(25,27)45-29(39)19(3)9-2/h13-17,19,21-22,24-25,27-28,30,36,40-42H,8-12,18H2,1-7H3/b14-13+,16-15+/t19-,21+,22+,24-,25-,27-,28-,30-,32-,33+,34+,35-/m1/s1. The van der Waals surface area contributed by atoms with Gasteiger partial charge < -0.3 is 34.6 Å². The maximum Gasteiger partial charge on any atom is 0.331 e. The molecule has 10 heteroatoms. The number of rotatable bonds is 11. The number of carbonyl (C=O) groups is 3. The zero-order chi connectivity index (χ0) is 33.3. The number of allylic oxidation sites excluding steroid dienone is 3. The van der Waals surface area contributed by atoms with E-state index in [-0.39, 0.29) is 5.57 Å². The highest BCUT2D eigenvalue weighted by molar-refractivity contribution is 6.05. The van der Waals surface area contributed by atoms with E-state index in [1.807, 2.05) is 26.8 Å². The molecule has 0 aromatic heterocycles. The zero-order valence-electron chi connectivity index (χ0n) is 27.5. The van der Waals surface area contributed by atoms with Gasteiger partial charge in [0.15, 0.2) is 17.0 Å². The SMILES string of the molecule is CCCCC/C=C/C=C/C(=O)O[C@@H]1[C@H](C)[C@@]2(O)[C@@H]([C@H]3O[C@@]3(CO)[C@@H](O)[C@@]3(O)C(=O)C(C)=C[C@H]32)[C@@H]2C(C)(C)[C@]12OC(=O)[C@H](C)CC. The monoisotopic (exact) mass is 630 g/mol. The van der Waals surface area contributed by atoms with Crippen molar-refractivity contribution in [3.05, 3.63) is 36.0 Å². The Kier molecular flexibility index (Phi) is 8.61. The summed E-state index contributed by atoms with van der Waals surface area (Å²) in [7, 11) is 0. The lowest BCUT2D eigenvalue weighted by Gasteiger charge is -2.53. The van der Waals surface area contributed by atoms with Gasteiger partial charge >= 0.3 is 11.9 Å². The average molecular weight is 631 g/mol. The maximum absolute atomic E-state index is 13.5. The van der Waals surface area contributed by atoms with Gasteiger partial charge in [-0.2, -0.15) is 0 Å². The topological polar surface area (TPSA) is 163 Å². The molecule has 250 valence electrons. The Hall–Kier alpha value is -2.37. The van der Waals surface area contributed by atoms with Crippen LogP contribution in [0.1, 0.15) is 80.6 Å². The van der Waals surface area contributed by atoms with Crippen molar-refractivity contribution in [2.24, 2.45) is 35.0 Å². The summed E-state index contributed by atoms with van der Waals surface area (Å²) >= 11 is 0. The smallest absolute Gasteiger partial charge is 0.331 e. The number of esters is 2. The fourth-order valence-electron chi connectivity index (χ4n) is 9.09. The molecule has 12 atom stereocenters. The quantitative estimate of drug-likeness (QED) is 0.0878. The molecule has 1 saturated heterocycles. The lowest BCUT2D eigenvalue weighted by Crippen LogP contribution is -2.69. The molecule has 45 heavy (non-hydrogen) atoms. The van der Waals surface area contributed by atoms with Crippen LogP contribution in [0.2, 0.25) is 0 Å². The highest BCUT2D eigenvalue weighted by Gasteiger charge is 2.93. The number of aliphatic hydroxyl groups excluding tert-OH is 2. The van der Waals surface area contributed by atoms with E-state index in [2.05, 4.69) is 6.92 Å². The summed E-state index contributed by atoms with van der Waals surface area (Å²) in [6.45, 7) is 11.9. The van der Waals surface area contributed by atoms with Crippen LogP contribution in [0.5, 0.6) is 0 Å². The molecular weight excluding hydrogens is 580 g/mol. The number of ketones is 1. The Morgan fingerprint density at radius 1 is 1.16 bits per heavy atom. The second-order valence-corrected chi connectivity index (χ2v) is 14.6. The van der Waals surface area contributed by atoms with Crippen molar-refractivity contribution in [1.82, 2.24) is 0 Å². The molecule has 0 aromatic rings. The van der Waals surface area contributed by atoms with Crippen LogP contribution in [0.15, 0.2) is 36.0 Å². The molecule has 0 unspecified atom stereocenters. The third-order valence-corrected chi connectivity index (χ3v) is 12.0. The normalized spacial score (nSPS) is 44.7. The summed E-state index contributed by atoms with van der Waals surface area (Å²) in [6, 6.07) is 0. The number of epoxide rings is 1. The molecule has 5 aliphatic rings. The van der Waals surface area contributed by atoms with Gasteiger partial charge in [0.2, 0.25) is 0 Å². The molecule has 0 aromatic carbocycles. The fourth-order valence-corrected chi connectivity index (χ4v) is 9.09. The molecule has 0 amide bonds. The summed E-state index contributed by atoms with van der Waals surface area (Å²) in [5.41, 5.74) is -8.27. The molecule has 3 saturated carbocycles. The largest absolute Gasteiger partial charge is 0.455 e. The number of aliphatic hydroxyl groups is 4. The first-order chi connectivity index (χ1) is 21.1. The van der Waals surface area contributed by atoms with Gasteiger partial charge in [-0.05, 0) is 31.8 Å². The number of Topliss-reactive ketones (excluding diaryl/α,β-unsaturated/α-hetero) is 1. The highest BCUT2D eigenvalue weighted by atomic mass is 16.6. The van der Waals surface area contributed by atoms with Gasteiger partial charge in [-0.25, -0.2) is 4.79 Å². The zero-order valence-corrected chi connectivity index (χ0v) is 27.5. The van der Waals surface area contributed by atoms with E-state index in [0.717, 1.165) is 25.7 Å². The van der Waals surface area contributed by atoms with E-state index in [0.29, 0.717) is 6.42 Å². The Morgan fingerprint density at radius 3 is 2.47 bits per heavy atom. The summed E-state index contributed by atoms with van der Waals surface area (Å²) < 4.78 is 18.5. The summed E-state index contributed by atoms with van der Waals surface area (Å²) in [5, 5.41) is 47.1. The van der Waals surface area contributed by atoms with Crippen molar-refractivity contribution in [2.45, 2.75) is 121 Å². The molecule has 0 radical (unpaired) electrons. The Balaban J connectivity index is 1.60. The second-order valence-electron chi connectivity index (χ2n) is 14.6. The minimum absolute atomic E-state index is 0.158. The minimum atomic E-state index is -2.50. The Morgan fingerprint density at radius 2 is 1.84 bits per heavy atom. The minimum Gasteiger partial charge on any atom is -0.455 e. The van der Waals surface area contributed by atoms with Crippen LogP contribution in [0.25, 0.3) is 0 Å². The number of ether oxygens (including phenoxy) is 3. The molecule has 1 heterocycles. The van der Waals surface area contributed by atoms with Crippen LogP contribution in [0.3, 0.4) is 0 Å². The van der Waals surface area contributed by atoms with Gasteiger partial charge in [-0.1, -0.05) is 78.7 Å². The van der Waals surface area contributed by atoms with Crippen molar-refractivity contribution >= 4 is 17.7 Å². The highest BCUT2D eigenvalue weighted by Crippen LogP contribution is 2.80. The number of hydrogen-bond acceptors (Lipinski definition) is 10. The van der Waals surface area contributed by atoms with Crippen molar-refractivity contribution in [2.75, 3.05) is 6.61 Å². The maximum atomic E-state index is 13.5. The predicted molar refractivity (Wildman–Crippen MR) is 163 cm³/mol. The molecule has 4 aliphatic carbocycles. The molecule has 0 spiro atoms. The van der Waals surface area contributed by atoms with E-state index in [9.17, 15) is 34.8 Å². The van der Waals surface area contributed by atoms with Gasteiger partial charge in [0.1, 0.15) is 17.8 Å². The number of unbranched alkanes of at least 4 members (excludes halogenated alkanes) is 3. The molecular formula is C35H50O10. The van der Waals surface area contributed by atoms with Crippen molar-refractivity contribution in [3.63, 3.8) is 0 Å². The van der Waals surface area contributed by atoms with Crippen molar-refractivity contribution in [3.8, 4) is 0 Å². The van der Waals surface area contributed by atoms with Crippen molar-refractivity contribution in [1.29, 1.82) is 0 Å². The van der Waals surface area contributed by atoms with E-state index < -0.39 is 100 Å². The van der Waals surface area contributed by atoms with Gasteiger partial charge in [-0.15, -0.1) is 0 Å². The molecule has 10 nitrogen and oxygen atoms in total. The predicted octanol–water partition coefficient (Wildman–Crippen LogP) is 2.95. The average Bonchev–Trinajstić information content (AvgIpc) is 3.83. The molecule has 4 N–H and O–H groups in total. The van der Waals surface area contributed by atoms with Crippen molar-refractivity contribution < 1.29 is 49.0 Å². The summed E-state index contributed by atoms with van der Waals surface area (Å²) in [6.07, 6.45) is 8.77. The van der Waals surface area contributed by atoms with Gasteiger partial charge in [-0.3, -0.25) is 9.59 Å². The lowest BCUT2D eigenvalue weighted by atomic mass is 9.58. The van der Waals surface area contributed by atoms with Gasteiger partial charge in [0, 0.05) is 35.2 Å². The fraction of sp³-hybridized carbons (Fsp3) is 0.743. The molecule has 4 fully saturated rings. The first-order valence-corrected chi connectivity index (χ1v) is 16.5. The van der Waals surface area contributed by atoms with Gasteiger partial charge in [0.05, 0.1) is 24.2 Å². The summed E-state index contributed by atoms with van der Waals surface area (Å²) in [4.78, 5) is 40.3. The first-order valence-electron chi connectivity index (χ1n) is 16.5. The number of hydrogen-bond donors (Lipinski definition) is 4. The Labute approximate surface area is 265 Å². The van der Waals surface area contributed by atoms with E-state index in [4.69, 9.17) is 14.2 Å².